The molecule has 0 saturated heterocycles. The lowest BCUT2D eigenvalue weighted by molar-refractivity contribution is 0.453. The van der Waals surface area contributed by atoms with Gasteiger partial charge in [-0.3, -0.25) is 0 Å². The molecule has 1 aliphatic rings. The van der Waals surface area contributed by atoms with Gasteiger partial charge in [0, 0.05) is 6.04 Å². The van der Waals surface area contributed by atoms with Gasteiger partial charge >= 0.3 is 0 Å². The molecular formula is C10H21NS. The van der Waals surface area contributed by atoms with E-state index in [4.69, 9.17) is 0 Å². The number of nitrogens with one attached hydrogen (secondary N) is 1. The molecule has 12 heavy (non-hydrogen) atoms. The quantitative estimate of drug-likeness (QED) is 0.657. The van der Waals surface area contributed by atoms with Crippen LogP contribution in [0, 0.1) is 5.92 Å². The minimum absolute atomic E-state index is 0.831. The van der Waals surface area contributed by atoms with Crippen molar-refractivity contribution in [3.8, 4) is 0 Å². The van der Waals surface area contributed by atoms with Gasteiger partial charge in [0.05, 0.1) is 0 Å². The van der Waals surface area contributed by atoms with Crippen LogP contribution < -0.4 is 5.32 Å². The Morgan fingerprint density at radius 3 is 2.75 bits per heavy atom. The van der Waals surface area contributed by atoms with Gasteiger partial charge in [0.2, 0.25) is 0 Å². The largest absolute Gasteiger partial charge is 0.314 e. The van der Waals surface area contributed by atoms with E-state index in [9.17, 15) is 0 Å². The number of thioether (sulfide) groups is 1. The van der Waals surface area contributed by atoms with Crippen LogP contribution in [0.5, 0.6) is 0 Å². The summed E-state index contributed by atoms with van der Waals surface area (Å²) < 4.78 is 0. The Balaban J connectivity index is 2.09. The summed E-state index contributed by atoms with van der Waals surface area (Å²) in [7, 11) is 0. The van der Waals surface area contributed by atoms with Gasteiger partial charge in [-0.2, -0.15) is 11.8 Å². The maximum Gasteiger partial charge on any atom is 0.0103 e. The molecule has 0 spiro atoms. The van der Waals surface area contributed by atoms with E-state index in [1.807, 2.05) is 11.8 Å². The van der Waals surface area contributed by atoms with Crippen LogP contribution in [0.3, 0.4) is 0 Å². The first kappa shape index (κ1) is 10.4. The van der Waals surface area contributed by atoms with E-state index >= 15 is 0 Å². The van der Waals surface area contributed by atoms with Crippen LogP contribution in [-0.2, 0) is 0 Å². The summed E-state index contributed by atoms with van der Waals surface area (Å²) in [6.07, 6.45) is 7.77. The second-order valence-corrected chi connectivity index (χ2v) is 4.67. The average molecular weight is 187 g/mol. The topological polar surface area (TPSA) is 12.0 Å². The van der Waals surface area contributed by atoms with Crippen molar-refractivity contribution in [3.63, 3.8) is 0 Å². The van der Waals surface area contributed by atoms with E-state index in [2.05, 4.69) is 18.5 Å². The molecule has 0 radical (unpaired) electrons. The molecular weight excluding hydrogens is 166 g/mol. The molecule has 1 atom stereocenters. The second kappa shape index (κ2) is 5.87. The van der Waals surface area contributed by atoms with Crippen LogP contribution in [0.25, 0.3) is 0 Å². The Bertz CT molecular complexity index is 104. The molecule has 0 aromatic rings. The Kier molecular flexibility index (Phi) is 5.08. The molecule has 72 valence electrons. The first-order valence-corrected chi connectivity index (χ1v) is 6.50. The van der Waals surface area contributed by atoms with Crippen LogP contribution >= 0.6 is 11.8 Å². The summed E-state index contributed by atoms with van der Waals surface area (Å²) in [5, 5.41) is 3.65. The summed E-state index contributed by atoms with van der Waals surface area (Å²) in [6, 6.07) is 0.831. The van der Waals surface area contributed by atoms with Crippen LogP contribution in [0.2, 0.25) is 0 Å². The molecule has 1 fully saturated rings. The van der Waals surface area contributed by atoms with E-state index in [-0.39, 0.29) is 0 Å². The van der Waals surface area contributed by atoms with Crippen molar-refractivity contribution in [3.05, 3.63) is 0 Å². The summed E-state index contributed by atoms with van der Waals surface area (Å²) in [6.45, 7) is 3.45. The zero-order chi connectivity index (χ0) is 8.81. The van der Waals surface area contributed by atoms with Crippen molar-refractivity contribution >= 4 is 11.8 Å². The summed E-state index contributed by atoms with van der Waals surface area (Å²) in [5.41, 5.74) is 0. The van der Waals surface area contributed by atoms with Gasteiger partial charge in [0.25, 0.3) is 0 Å². The predicted molar refractivity (Wildman–Crippen MR) is 57.8 cm³/mol. The van der Waals surface area contributed by atoms with Crippen LogP contribution in [0.1, 0.15) is 32.6 Å². The first-order valence-electron chi connectivity index (χ1n) is 5.10. The molecule has 1 N–H and O–H groups in total. The fourth-order valence-electron chi connectivity index (χ4n) is 1.58. The molecule has 1 rings (SSSR count). The summed E-state index contributed by atoms with van der Waals surface area (Å²) in [5.74, 6) is 2.33. The third kappa shape index (κ3) is 3.81. The van der Waals surface area contributed by atoms with E-state index in [0.29, 0.717) is 0 Å². The maximum absolute atomic E-state index is 3.65. The van der Waals surface area contributed by atoms with Crippen LogP contribution in [-0.4, -0.2) is 24.6 Å². The van der Waals surface area contributed by atoms with Gasteiger partial charge in [-0.05, 0) is 50.2 Å². The smallest absolute Gasteiger partial charge is 0.0103 e. The minimum atomic E-state index is 0.831. The molecule has 1 nitrogen and oxygen atoms in total. The maximum atomic E-state index is 3.65. The van der Waals surface area contributed by atoms with Crippen molar-refractivity contribution in [2.24, 2.45) is 5.92 Å². The lowest BCUT2D eigenvalue weighted by Gasteiger charge is -2.16. The van der Waals surface area contributed by atoms with Gasteiger partial charge < -0.3 is 5.32 Å². The molecule has 1 unspecified atom stereocenters. The zero-order valence-corrected chi connectivity index (χ0v) is 9.12. The Morgan fingerprint density at radius 2 is 2.25 bits per heavy atom. The highest BCUT2D eigenvalue weighted by molar-refractivity contribution is 7.98. The highest BCUT2D eigenvalue weighted by Gasteiger charge is 2.29. The predicted octanol–water partition coefficient (Wildman–Crippen LogP) is 2.52. The minimum Gasteiger partial charge on any atom is -0.314 e. The standard InChI is InChI=1S/C10H21NS/c1-3-7-11-10(6-8-12-2)9-4-5-9/h9-11H,3-8H2,1-2H3. The van der Waals surface area contributed by atoms with Crippen molar-refractivity contribution < 1.29 is 0 Å². The molecule has 0 heterocycles. The Labute approximate surface area is 80.7 Å². The lowest BCUT2D eigenvalue weighted by Crippen LogP contribution is -2.32. The third-order valence-electron chi connectivity index (χ3n) is 2.48. The monoisotopic (exact) mass is 187 g/mol. The number of hydrogen-bond acceptors (Lipinski definition) is 2. The van der Waals surface area contributed by atoms with Crippen molar-refractivity contribution in [1.82, 2.24) is 5.32 Å². The second-order valence-electron chi connectivity index (χ2n) is 3.68. The van der Waals surface area contributed by atoms with Crippen LogP contribution in [0.4, 0.5) is 0 Å². The molecule has 2 heteroatoms. The fraction of sp³-hybridized carbons (Fsp3) is 1.00. The van der Waals surface area contributed by atoms with Crippen molar-refractivity contribution in [2.45, 2.75) is 38.6 Å². The molecule has 0 aromatic carbocycles. The highest BCUT2D eigenvalue weighted by atomic mass is 32.2. The molecule has 0 bridgehead atoms. The van der Waals surface area contributed by atoms with Crippen LogP contribution in [0.15, 0.2) is 0 Å². The van der Waals surface area contributed by atoms with E-state index in [1.54, 1.807) is 0 Å². The van der Waals surface area contributed by atoms with Gasteiger partial charge in [-0.25, -0.2) is 0 Å². The molecule has 1 aliphatic carbocycles. The van der Waals surface area contributed by atoms with E-state index < -0.39 is 0 Å². The number of hydrogen-bond donors (Lipinski definition) is 1. The van der Waals surface area contributed by atoms with Crippen molar-refractivity contribution in [2.75, 3.05) is 18.6 Å². The highest BCUT2D eigenvalue weighted by Crippen LogP contribution is 2.34. The first-order chi connectivity index (χ1) is 5.88. The number of rotatable bonds is 7. The molecule has 1 saturated carbocycles. The summed E-state index contributed by atoms with van der Waals surface area (Å²) in [4.78, 5) is 0. The lowest BCUT2D eigenvalue weighted by atomic mass is 10.1. The third-order valence-corrected chi connectivity index (χ3v) is 3.12. The summed E-state index contributed by atoms with van der Waals surface area (Å²) >= 11 is 1.97. The van der Waals surface area contributed by atoms with E-state index in [0.717, 1.165) is 12.0 Å². The van der Waals surface area contributed by atoms with Gasteiger partial charge in [0.1, 0.15) is 0 Å². The Hall–Kier alpha value is 0.310. The molecule has 0 aromatic heterocycles. The SMILES string of the molecule is CCCNC(CCSC)C1CC1. The van der Waals surface area contributed by atoms with Crippen molar-refractivity contribution in [1.29, 1.82) is 0 Å². The zero-order valence-electron chi connectivity index (χ0n) is 8.31. The normalized spacial score (nSPS) is 19.5. The van der Waals surface area contributed by atoms with E-state index in [1.165, 1.54) is 38.0 Å². The van der Waals surface area contributed by atoms with Gasteiger partial charge in [-0.1, -0.05) is 6.92 Å². The van der Waals surface area contributed by atoms with Gasteiger partial charge in [0.15, 0.2) is 0 Å². The Morgan fingerprint density at radius 1 is 1.50 bits per heavy atom. The molecule has 0 aliphatic heterocycles. The molecule has 0 amide bonds. The fourth-order valence-corrected chi connectivity index (χ4v) is 2.07. The average Bonchev–Trinajstić information content (AvgIpc) is 2.88. The van der Waals surface area contributed by atoms with Gasteiger partial charge in [-0.15, -0.1) is 0 Å².